The van der Waals surface area contributed by atoms with Crippen molar-refractivity contribution in [2.24, 2.45) is 11.8 Å². The topological polar surface area (TPSA) is 82.5 Å². The zero-order valence-corrected chi connectivity index (χ0v) is 23.2. The van der Waals surface area contributed by atoms with Gasteiger partial charge in [-0.2, -0.15) is 0 Å². The Labute approximate surface area is 235 Å². The molecule has 1 unspecified atom stereocenters. The Bertz CT molecular complexity index is 1300. The van der Waals surface area contributed by atoms with E-state index in [9.17, 15) is 14.7 Å². The molecule has 0 radical (unpaired) electrons. The van der Waals surface area contributed by atoms with Gasteiger partial charge in [-0.15, -0.1) is 0 Å². The van der Waals surface area contributed by atoms with Crippen molar-refractivity contribution in [1.82, 2.24) is 9.88 Å². The smallest absolute Gasteiger partial charge is 0.308 e. The van der Waals surface area contributed by atoms with E-state index in [4.69, 9.17) is 11.6 Å². The molecule has 2 aromatic carbocycles. The zero-order valence-electron chi connectivity index (χ0n) is 22.4. The quantitative estimate of drug-likeness (QED) is 0.323. The summed E-state index contributed by atoms with van der Waals surface area (Å²) in [5.41, 5.74) is 5.30. The van der Waals surface area contributed by atoms with Gasteiger partial charge in [-0.3, -0.25) is 9.59 Å². The predicted octanol–water partition coefficient (Wildman–Crippen LogP) is 7.38. The number of carbonyl (C=O) groups is 2. The normalized spacial score (nSPS) is 18.9. The predicted molar refractivity (Wildman–Crippen MR) is 155 cm³/mol. The monoisotopic (exact) mass is 545 g/mol. The van der Waals surface area contributed by atoms with Gasteiger partial charge in [-0.1, -0.05) is 61.2 Å². The molecule has 2 fully saturated rings. The third-order valence-electron chi connectivity index (χ3n) is 8.28. The summed E-state index contributed by atoms with van der Waals surface area (Å²) in [6.07, 6.45) is 9.03. The van der Waals surface area contributed by atoms with E-state index in [1.165, 1.54) is 48.8 Å². The summed E-state index contributed by atoms with van der Waals surface area (Å²) in [4.78, 5) is 30.7. The largest absolute Gasteiger partial charge is 0.481 e. The van der Waals surface area contributed by atoms with Crippen molar-refractivity contribution in [1.29, 1.82) is 0 Å². The first-order valence-electron chi connectivity index (χ1n) is 14.0. The Hall–Kier alpha value is -3.38. The summed E-state index contributed by atoms with van der Waals surface area (Å²) in [7, 11) is 0. The molecular weight excluding hydrogens is 510 g/mol. The molecule has 3 aromatic rings. The van der Waals surface area contributed by atoms with Crippen molar-refractivity contribution < 1.29 is 14.7 Å². The number of aliphatic carboxylic acids is 1. The molecule has 1 amide bonds. The number of rotatable bonds is 7. The lowest BCUT2D eigenvalue weighted by Gasteiger charge is -2.33. The fourth-order valence-electron chi connectivity index (χ4n) is 6.07. The van der Waals surface area contributed by atoms with E-state index in [-0.39, 0.29) is 18.5 Å². The highest BCUT2D eigenvalue weighted by molar-refractivity contribution is 6.30. The molecule has 5 rings (SSSR count). The standard InChI is InChI=1S/C32H36ClN3O3/c1-21-18-24(22-9-13-27(33)14-10-22)11-15-28(21)30(23-6-3-2-4-7-23)35-29-16-12-25(19-34-29)31(37)36-17-5-8-26(20-36)32(38)39/h9-16,18-19,23,26,30H,2-8,17,20H2,1H3,(H,34,35)(H,38,39)/t26-,30?/m1/s1. The molecule has 1 aliphatic carbocycles. The molecule has 2 N–H and O–H groups in total. The van der Waals surface area contributed by atoms with Crippen LogP contribution >= 0.6 is 11.6 Å². The van der Waals surface area contributed by atoms with E-state index in [0.717, 1.165) is 16.4 Å². The Morgan fingerprint density at radius 1 is 0.974 bits per heavy atom. The van der Waals surface area contributed by atoms with Crippen LogP contribution in [0.15, 0.2) is 60.8 Å². The first-order valence-corrected chi connectivity index (χ1v) is 14.4. The van der Waals surface area contributed by atoms with Crippen LogP contribution in [-0.4, -0.2) is 40.0 Å². The molecule has 0 spiro atoms. The van der Waals surface area contributed by atoms with Gasteiger partial charge in [0.15, 0.2) is 0 Å². The lowest BCUT2D eigenvalue weighted by atomic mass is 9.79. The van der Waals surface area contributed by atoms with Gasteiger partial charge in [0.2, 0.25) is 0 Å². The second-order valence-corrected chi connectivity index (χ2v) is 11.4. The first-order chi connectivity index (χ1) is 18.9. The SMILES string of the molecule is Cc1cc(-c2ccc(Cl)cc2)ccc1C(Nc1ccc(C(=O)N2CCC[C@@H](C(=O)O)C2)cn1)C1CCCCC1. The van der Waals surface area contributed by atoms with Gasteiger partial charge in [-0.05, 0) is 85.0 Å². The summed E-state index contributed by atoms with van der Waals surface area (Å²) in [6, 6.07) is 18.4. The summed E-state index contributed by atoms with van der Waals surface area (Å²) < 4.78 is 0. The number of halogens is 1. The second-order valence-electron chi connectivity index (χ2n) is 11.0. The highest BCUT2D eigenvalue weighted by atomic mass is 35.5. The number of nitrogens with one attached hydrogen (secondary N) is 1. The number of hydrogen-bond acceptors (Lipinski definition) is 4. The van der Waals surface area contributed by atoms with Crippen LogP contribution in [-0.2, 0) is 4.79 Å². The van der Waals surface area contributed by atoms with Crippen molar-refractivity contribution in [2.75, 3.05) is 18.4 Å². The number of amides is 1. The molecule has 1 aromatic heterocycles. The number of aromatic nitrogens is 1. The van der Waals surface area contributed by atoms with Crippen LogP contribution < -0.4 is 5.32 Å². The fraction of sp³-hybridized carbons (Fsp3) is 0.406. The number of aryl methyl sites for hydroxylation is 1. The highest BCUT2D eigenvalue weighted by Crippen LogP contribution is 2.38. The van der Waals surface area contributed by atoms with Crippen LogP contribution in [0.2, 0.25) is 5.02 Å². The minimum absolute atomic E-state index is 0.122. The lowest BCUT2D eigenvalue weighted by Crippen LogP contribution is -2.42. The van der Waals surface area contributed by atoms with Gasteiger partial charge < -0.3 is 15.3 Å². The Morgan fingerprint density at radius 2 is 1.72 bits per heavy atom. The molecule has 39 heavy (non-hydrogen) atoms. The number of likely N-dealkylation sites (tertiary alicyclic amines) is 1. The summed E-state index contributed by atoms with van der Waals surface area (Å²) in [6.45, 7) is 3.01. The number of hydrogen-bond donors (Lipinski definition) is 2. The van der Waals surface area contributed by atoms with Crippen LogP contribution in [0, 0.1) is 18.8 Å². The van der Waals surface area contributed by atoms with Gasteiger partial charge >= 0.3 is 5.97 Å². The molecule has 1 saturated carbocycles. The first kappa shape index (κ1) is 27.2. The second kappa shape index (κ2) is 12.2. The Kier molecular flexibility index (Phi) is 8.51. The van der Waals surface area contributed by atoms with Gasteiger partial charge in [-0.25, -0.2) is 4.98 Å². The van der Waals surface area contributed by atoms with Crippen LogP contribution in [0.1, 0.15) is 72.5 Å². The van der Waals surface area contributed by atoms with Gasteiger partial charge in [0.1, 0.15) is 5.82 Å². The minimum atomic E-state index is -0.838. The minimum Gasteiger partial charge on any atom is -0.481 e. The Balaban J connectivity index is 1.35. The van der Waals surface area contributed by atoms with E-state index in [0.29, 0.717) is 30.9 Å². The fourth-order valence-corrected chi connectivity index (χ4v) is 6.20. The molecule has 2 heterocycles. The summed E-state index contributed by atoms with van der Waals surface area (Å²) >= 11 is 6.09. The van der Waals surface area contributed by atoms with Gasteiger partial charge in [0, 0.05) is 24.3 Å². The number of carboxylic acid groups (broad SMARTS) is 1. The number of pyridine rings is 1. The molecule has 7 heteroatoms. The van der Waals surface area contributed by atoms with E-state index < -0.39 is 11.9 Å². The zero-order chi connectivity index (χ0) is 27.4. The van der Waals surface area contributed by atoms with Crippen molar-refractivity contribution >= 4 is 29.3 Å². The number of anilines is 1. The molecule has 1 saturated heterocycles. The van der Waals surface area contributed by atoms with E-state index >= 15 is 0 Å². The van der Waals surface area contributed by atoms with E-state index in [2.05, 4.69) is 35.4 Å². The van der Waals surface area contributed by atoms with Crippen molar-refractivity contribution in [3.63, 3.8) is 0 Å². The van der Waals surface area contributed by atoms with Crippen molar-refractivity contribution in [2.45, 2.75) is 57.9 Å². The number of benzene rings is 2. The number of carboxylic acids is 1. The molecule has 2 atom stereocenters. The van der Waals surface area contributed by atoms with Crippen molar-refractivity contribution in [3.8, 4) is 11.1 Å². The maximum Gasteiger partial charge on any atom is 0.308 e. The maximum absolute atomic E-state index is 13.0. The van der Waals surface area contributed by atoms with Crippen LogP contribution in [0.5, 0.6) is 0 Å². The lowest BCUT2D eigenvalue weighted by molar-refractivity contribution is -0.143. The summed E-state index contributed by atoms with van der Waals surface area (Å²) in [5.74, 6) is -0.247. The third-order valence-corrected chi connectivity index (χ3v) is 8.53. The molecule has 2 aliphatic rings. The van der Waals surface area contributed by atoms with E-state index in [1.54, 1.807) is 17.2 Å². The molecular formula is C32H36ClN3O3. The molecule has 6 nitrogen and oxygen atoms in total. The molecule has 1 aliphatic heterocycles. The average Bonchev–Trinajstić information content (AvgIpc) is 2.97. The van der Waals surface area contributed by atoms with Crippen LogP contribution in [0.3, 0.4) is 0 Å². The maximum atomic E-state index is 13.0. The van der Waals surface area contributed by atoms with Crippen LogP contribution in [0.4, 0.5) is 5.82 Å². The molecule has 204 valence electrons. The van der Waals surface area contributed by atoms with Crippen molar-refractivity contribution in [3.05, 3.63) is 82.5 Å². The van der Waals surface area contributed by atoms with Gasteiger partial charge in [0.05, 0.1) is 17.5 Å². The van der Waals surface area contributed by atoms with E-state index in [1.807, 2.05) is 30.3 Å². The Morgan fingerprint density at radius 3 is 2.38 bits per heavy atom. The number of nitrogens with zero attached hydrogens (tertiary/aromatic N) is 2. The third kappa shape index (κ3) is 6.44. The number of carbonyl (C=O) groups excluding carboxylic acids is 1. The average molecular weight is 546 g/mol. The highest BCUT2D eigenvalue weighted by Gasteiger charge is 2.29. The van der Waals surface area contributed by atoms with Crippen LogP contribution in [0.25, 0.3) is 11.1 Å². The number of piperidine rings is 1. The molecule has 0 bridgehead atoms. The van der Waals surface area contributed by atoms with Gasteiger partial charge in [0.25, 0.3) is 5.91 Å². The summed E-state index contributed by atoms with van der Waals surface area (Å²) in [5, 5.41) is 13.8.